The molecule has 126 valence electrons. The maximum absolute atomic E-state index is 14.5. The molecule has 1 saturated heterocycles. The van der Waals surface area contributed by atoms with Gasteiger partial charge in [-0.15, -0.1) is 0 Å². The number of nitrogens with zero attached hydrogens (tertiary/aromatic N) is 1. The molecule has 3 nitrogen and oxygen atoms in total. The summed E-state index contributed by atoms with van der Waals surface area (Å²) in [5.41, 5.74) is -2.92. The lowest BCUT2D eigenvalue weighted by Gasteiger charge is -2.32. The van der Waals surface area contributed by atoms with E-state index in [-0.39, 0.29) is 5.52 Å². The SMILES string of the molecule is CC1(C)OB(C(F)=Cc2c(F)cc3cccnc3c2F)OC1(C)C. The third-order valence-electron chi connectivity index (χ3n) is 4.58. The van der Waals surface area contributed by atoms with Crippen LogP contribution in [0.2, 0.25) is 0 Å². The zero-order chi connectivity index (χ0) is 17.7. The molecule has 0 aliphatic carbocycles. The molecule has 1 fully saturated rings. The fourth-order valence-corrected chi connectivity index (χ4v) is 2.46. The predicted octanol–water partition coefficient (Wildman–Crippen LogP) is 4.45. The highest BCUT2D eigenvalue weighted by Crippen LogP contribution is 2.39. The molecule has 24 heavy (non-hydrogen) atoms. The molecular weight excluding hydrogens is 318 g/mol. The maximum atomic E-state index is 14.5. The maximum Gasteiger partial charge on any atom is 0.525 e. The highest BCUT2D eigenvalue weighted by atomic mass is 19.1. The summed E-state index contributed by atoms with van der Waals surface area (Å²) in [5, 5.41) is 0.306. The molecular formula is C17H17BF3NO2. The van der Waals surface area contributed by atoms with Gasteiger partial charge in [0.1, 0.15) is 17.1 Å². The van der Waals surface area contributed by atoms with Gasteiger partial charge in [-0.3, -0.25) is 4.98 Å². The molecule has 1 aromatic heterocycles. The van der Waals surface area contributed by atoms with E-state index in [1.54, 1.807) is 33.8 Å². The van der Waals surface area contributed by atoms with Crippen molar-refractivity contribution < 1.29 is 22.5 Å². The van der Waals surface area contributed by atoms with Gasteiger partial charge in [0.25, 0.3) is 0 Å². The van der Waals surface area contributed by atoms with E-state index in [4.69, 9.17) is 9.31 Å². The van der Waals surface area contributed by atoms with Crippen LogP contribution in [-0.4, -0.2) is 23.3 Å². The van der Waals surface area contributed by atoms with Crippen molar-refractivity contribution in [1.29, 1.82) is 0 Å². The summed E-state index contributed by atoms with van der Waals surface area (Å²) in [5.74, 6) is -1.79. The van der Waals surface area contributed by atoms with E-state index in [0.29, 0.717) is 5.39 Å². The van der Waals surface area contributed by atoms with Crippen LogP contribution >= 0.6 is 0 Å². The lowest BCUT2D eigenvalue weighted by atomic mass is 9.86. The van der Waals surface area contributed by atoms with Gasteiger partial charge in [0.2, 0.25) is 0 Å². The van der Waals surface area contributed by atoms with Gasteiger partial charge in [0.15, 0.2) is 5.82 Å². The number of hydrogen-bond donors (Lipinski definition) is 0. The fourth-order valence-electron chi connectivity index (χ4n) is 2.46. The van der Waals surface area contributed by atoms with Crippen molar-refractivity contribution in [3.63, 3.8) is 0 Å². The van der Waals surface area contributed by atoms with E-state index in [2.05, 4.69) is 4.98 Å². The molecule has 0 saturated carbocycles. The molecule has 2 aromatic rings. The van der Waals surface area contributed by atoms with Crippen LogP contribution in [-0.2, 0) is 9.31 Å². The lowest BCUT2D eigenvalue weighted by Crippen LogP contribution is -2.41. The average Bonchev–Trinajstić information content (AvgIpc) is 2.72. The molecule has 3 rings (SSSR count). The molecule has 0 bridgehead atoms. The van der Waals surface area contributed by atoms with Gasteiger partial charge in [0.05, 0.1) is 16.8 Å². The standard InChI is InChI=1S/C17H17BF3NO2/c1-16(2)17(3,4)24-18(23-16)13(20)9-11-12(19)8-10-6-5-7-22-15(10)14(11)21/h5-9H,1-4H3. The molecule has 1 aromatic carbocycles. The highest BCUT2D eigenvalue weighted by molar-refractivity contribution is 6.54. The van der Waals surface area contributed by atoms with Gasteiger partial charge in [-0.1, -0.05) is 6.07 Å². The number of halogens is 3. The van der Waals surface area contributed by atoms with Crippen molar-refractivity contribution in [2.24, 2.45) is 0 Å². The van der Waals surface area contributed by atoms with Crippen molar-refractivity contribution in [3.8, 4) is 0 Å². The minimum absolute atomic E-state index is 0.0214. The Morgan fingerprint density at radius 3 is 2.42 bits per heavy atom. The summed E-state index contributed by atoms with van der Waals surface area (Å²) >= 11 is 0. The first-order valence-electron chi connectivity index (χ1n) is 7.58. The smallest absolute Gasteiger partial charge is 0.398 e. The van der Waals surface area contributed by atoms with E-state index in [1.807, 2.05) is 0 Å². The van der Waals surface area contributed by atoms with E-state index in [9.17, 15) is 13.2 Å². The van der Waals surface area contributed by atoms with Gasteiger partial charge in [-0.25, -0.2) is 13.2 Å². The third-order valence-corrected chi connectivity index (χ3v) is 4.58. The Hall–Kier alpha value is -1.86. The summed E-state index contributed by atoms with van der Waals surface area (Å²) in [7, 11) is -1.31. The largest absolute Gasteiger partial charge is 0.525 e. The minimum Gasteiger partial charge on any atom is -0.398 e. The van der Waals surface area contributed by atoms with Crippen LogP contribution in [0.4, 0.5) is 13.2 Å². The average molecular weight is 335 g/mol. The molecule has 7 heteroatoms. The molecule has 1 aliphatic rings. The summed E-state index contributed by atoms with van der Waals surface area (Å²) < 4.78 is 54.2. The quantitative estimate of drug-likeness (QED) is 0.760. The van der Waals surface area contributed by atoms with Gasteiger partial charge in [-0.05, 0) is 45.9 Å². The van der Waals surface area contributed by atoms with E-state index in [1.165, 1.54) is 12.3 Å². The molecule has 0 unspecified atom stereocenters. The van der Waals surface area contributed by atoms with Crippen molar-refractivity contribution in [2.75, 3.05) is 0 Å². The van der Waals surface area contributed by atoms with Crippen LogP contribution in [0.3, 0.4) is 0 Å². The van der Waals surface area contributed by atoms with Crippen LogP contribution in [0.15, 0.2) is 30.1 Å². The molecule has 0 radical (unpaired) electrons. The van der Waals surface area contributed by atoms with Crippen LogP contribution in [0, 0.1) is 11.6 Å². The molecule has 1 aliphatic heterocycles. The zero-order valence-electron chi connectivity index (χ0n) is 13.9. The number of rotatable bonds is 2. The number of fused-ring (bicyclic) bond motifs is 1. The van der Waals surface area contributed by atoms with E-state index < -0.39 is 41.2 Å². The summed E-state index contributed by atoms with van der Waals surface area (Å²) in [6.45, 7) is 7.06. The second-order valence-corrected chi connectivity index (χ2v) is 6.78. The van der Waals surface area contributed by atoms with Crippen molar-refractivity contribution >= 4 is 24.1 Å². The Balaban J connectivity index is 2.01. The molecule has 0 amide bonds. The Labute approximate surface area is 138 Å². The monoisotopic (exact) mass is 335 g/mol. The third kappa shape index (κ3) is 2.72. The van der Waals surface area contributed by atoms with Crippen molar-refractivity contribution in [1.82, 2.24) is 4.98 Å². The number of aromatic nitrogens is 1. The van der Waals surface area contributed by atoms with Crippen LogP contribution in [0.25, 0.3) is 17.0 Å². The Morgan fingerprint density at radius 1 is 1.17 bits per heavy atom. The molecule has 0 spiro atoms. The van der Waals surface area contributed by atoms with Crippen LogP contribution in [0.1, 0.15) is 33.3 Å². The second kappa shape index (κ2) is 5.60. The van der Waals surface area contributed by atoms with Crippen LogP contribution < -0.4 is 0 Å². The molecule has 0 atom stereocenters. The van der Waals surface area contributed by atoms with Gasteiger partial charge in [0, 0.05) is 11.6 Å². The second-order valence-electron chi connectivity index (χ2n) is 6.78. The van der Waals surface area contributed by atoms with Gasteiger partial charge < -0.3 is 9.31 Å². The zero-order valence-corrected chi connectivity index (χ0v) is 13.9. The summed E-state index contributed by atoms with van der Waals surface area (Å²) in [6.07, 6.45) is 2.16. The van der Waals surface area contributed by atoms with Gasteiger partial charge in [-0.2, -0.15) is 0 Å². The normalized spacial score (nSPS) is 20.0. The Bertz CT molecular complexity index is 820. The lowest BCUT2D eigenvalue weighted by molar-refractivity contribution is 0.00578. The van der Waals surface area contributed by atoms with Crippen LogP contribution in [0.5, 0.6) is 0 Å². The predicted molar refractivity (Wildman–Crippen MR) is 86.8 cm³/mol. The Morgan fingerprint density at radius 2 is 1.79 bits per heavy atom. The first kappa shape index (κ1) is 17.0. The topological polar surface area (TPSA) is 31.4 Å². The van der Waals surface area contributed by atoms with Crippen molar-refractivity contribution in [3.05, 3.63) is 47.3 Å². The first-order valence-corrected chi connectivity index (χ1v) is 7.58. The highest BCUT2D eigenvalue weighted by Gasteiger charge is 2.53. The number of benzene rings is 1. The van der Waals surface area contributed by atoms with Crippen molar-refractivity contribution in [2.45, 2.75) is 38.9 Å². The number of hydrogen-bond acceptors (Lipinski definition) is 3. The van der Waals surface area contributed by atoms with Gasteiger partial charge >= 0.3 is 7.12 Å². The van der Waals surface area contributed by atoms with E-state index >= 15 is 0 Å². The summed E-state index contributed by atoms with van der Waals surface area (Å²) in [6, 6.07) is 4.23. The summed E-state index contributed by atoms with van der Waals surface area (Å²) in [4.78, 5) is 3.88. The first-order chi connectivity index (χ1) is 11.1. The molecule has 0 N–H and O–H groups in total. The number of pyridine rings is 1. The molecule has 2 heterocycles. The Kier molecular flexibility index (Phi) is 3.96. The fraction of sp³-hybridized carbons (Fsp3) is 0.353. The van der Waals surface area contributed by atoms with E-state index in [0.717, 1.165) is 12.1 Å². The minimum atomic E-state index is -1.31.